The molecule has 0 aliphatic carbocycles. The summed E-state index contributed by atoms with van der Waals surface area (Å²) in [6.45, 7) is 17.3. The van der Waals surface area contributed by atoms with Gasteiger partial charge < -0.3 is 70.2 Å². The molecule has 10 atom stereocenters. The first-order chi connectivity index (χ1) is 46.9. The van der Waals surface area contributed by atoms with E-state index in [2.05, 4.69) is 120 Å². The molecule has 1 saturated heterocycles. The highest BCUT2D eigenvalue weighted by Gasteiger charge is 2.55. The Hall–Kier alpha value is -6.42. The van der Waals surface area contributed by atoms with Gasteiger partial charge in [0.15, 0.2) is 18.0 Å². The highest BCUT2D eigenvalue weighted by molar-refractivity contribution is 8.77. The third-order valence-corrected chi connectivity index (χ3v) is 26.0. The number of aryl methyl sites for hydroxylation is 1. The molecule has 4 aromatic rings. The second-order valence-electron chi connectivity index (χ2n) is 27.5. The van der Waals surface area contributed by atoms with Crippen molar-refractivity contribution in [1.82, 2.24) is 25.2 Å². The molecule has 6 aliphatic heterocycles. The van der Waals surface area contributed by atoms with E-state index in [0.29, 0.717) is 28.7 Å². The Morgan fingerprint density at radius 3 is 2.37 bits per heavy atom. The lowest BCUT2D eigenvalue weighted by molar-refractivity contribution is -0.445. The maximum Gasteiger partial charge on any atom is 0.490 e. The van der Waals surface area contributed by atoms with Gasteiger partial charge in [0.25, 0.3) is 0 Å². The van der Waals surface area contributed by atoms with Crippen molar-refractivity contribution in [1.29, 1.82) is 0 Å². The molecule has 100 heavy (non-hydrogen) atoms. The second kappa shape index (κ2) is 30.1. The number of nitrogen functional groups attached to an aromatic ring is 1. The van der Waals surface area contributed by atoms with Crippen molar-refractivity contribution < 1.29 is 105 Å². The number of ether oxygens (including phenoxy) is 2. The smallest absolute Gasteiger partial charge is 0.481 e. The molecule has 0 radical (unpaired) electrons. The number of nitrogens with one attached hydrogen (secondary N) is 2. The first kappa shape index (κ1) is 76.2. The van der Waals surface area contributed by atoms with Crippen molar-refractivity contribution in [3.05, 3.63) is 99.7 Å². The summed E-state index contributed by atoms with van der Waals surface area (Å²) in [6.07, 6.45) is 2.25. The minimum Gasteiger partial charge on any atom is -0.481 e. The van der Waals surface area contributed by atoms with Gasteiger partial charge >= 0.3 is 35.4 Å². The Labute approximate surface area is 585 Å². The van der Waals surface area contributed by atoms with Crippen LogP contribution in [0.4, 0.5) is 17.2 Å². The average molecular weight is 1480 g/mol. The van der Waals surface area contributed by atoms with Gasteiger partial charge in [0.2, 0.25) is 17.5 Å². The molecule has 8 heterocycles. The Morgan fingerprint density at radius 1 is 0.910 bits per heavy atom. The fourth-order valence-electron chi connectivity index (χ4n) is 14.1. The van der Waals surface area contributed by atoms with Crippen LogP contribution in [0.2, 0.25) is 0 Å². The number of ketones is 2. The summed E-state index contributed by atoms with van der Waals surface area (Å²) in [5, 5.41) is 36.0. The van der Waals surface area contributed by atoms with E-state index in [0.717, 1.165) is 48.5 Å². The number of allylic oxidation sites excluding steroid dienone is 1. The van der Waals surface area contributed by atoms with Crippen molar-refractivity contribution in [2.24, 2.45) is 5.92 Å². The largest absolute Gasteiger partial charge is 0.490 e. The van der Waals surface area contributed by atoms with Gasteiger partial charge in [0.1, 0.15) is 41.9 Å². The van der Waals surface area contributed by atoms with Crippen LogP contribution in [0.3, 0.4) is 0 Å². The Morgan fingerprint density at radius 2 is 1.66 bits per heavy atom. The number of carbonyl (C=O) groups excluding carboxylic acids is 4. The summed E-state index contributed by atoms with van der Waals surface area (Å²) in [7, 11) is -14.0. The summed E-state index contributed by atoms with van der Waals surface area (Å²) >= 11 is 0. The number of phosphoric acid groups is 3. The minimum absolute atomic E-state index is 0.00669. The molecule has 2 aromatic heterocycles. The van der Waals surface area contributed by atoms with Crippen LogP contribution in [-0.2, 0) is 82.3 Å². The van der Waals surface area contributed by atoms with Gasteiger partial charge in [-0.25, -0.2) is 28.5 Å². The molecular weight excluding hydrogens is 1400 g/mol. The van der Waals surface area contributed by atoms with Crippen LogP contribution in [0, 0.1) is 24.7 Å². The monoisotopic (exact) mass is 1480 g/mol. The fraction of sp³-hybridized carbons (Fsp3) is 0.530. The lowest BCUT2D eigenvalue weighted by atomic mass is 9.73. The van der Waals surface area contributed by atoms with Crippen LogP contribution in [0.5, 0.6) is 0 Å². The number of carbonyl (C=O) groups is 6. The van der Waals surface area contributed by atoms with Gasteiger partial charge in [-0.2, -0.15) is 13.2 Å². The first-order valence-electron chi connectivity index (χ1n) is 32.8. The van der Waals surface area contributed by atoms with Gasteiger partial charge in [-0.1, -0.05) is 78.0 Å². The molecule has 6 aliphatic rings. The number of carboxylic acids is 2. The van der Waals surface area contributed by atoms with Crippen LogP contribution in [0.1, 0.15) is 153 Å². The normalized spacial score (nSPS) is 22.5. The molecule has 0 spiro atoms. The summed E-state index contributed by atoms with van der Waals surface area (Å²) in [6, 6.07) is 10.2. The predicted octanol–water partition coefficient (Wildman–Crippen LogP) is 8.03. The molecule has 0 bridgehead atoms. The number of hydrogen-bond donors (Lipinski definition) is 10. The van der Waals surface area contributed by atoms with E-state index in [1.54, 1.807) is 6.92 Å². The van der Waals surface area contributed by atoms with E-state index < -0.39 is 119 Å². The summed E-state index contributed by atoms with van der Waals surface area (Å²) in [5.74, 6) is 0.214. The number of rotatable bonds is 30. The highest BCUT2D eigenvalue weighted by atomic mass is 33.1. The molecule has 2 aromatic carbocycles. The molecular formula is C66H84N8O21P3S2+. The molecule has 10 rings (SSSR count). The number of amides is 2. The Balaban J connectivity index is 0.762. The average Bonchev–Trinajstić information content (AvgIpc) is 1.54. The highest BCUT2D eigenvalue weighted by Crippen LogP contribution is 2.66. The van der Waals surface area contributed by atoms with E-state index in [1.165, 1.54) is 66.8 Å². The van der Waals surface area contributed by atoms with Crippen LogP contribution >= 0.6 is 45.1 Å². The number of benzene rings is 2. The van der Waals surface area contributed by atoms with E-state index in [-0.39, 0.29) is 79.8 Å². The summed E-state index contributed by atoms with van der Waals surface area (Å²) in [5.41, 5.74) is 17.5. The number of phosphoric ester groups is 1. The van der Waals surface area contributed by atoms with E-state index in [4.69, 9.17) is 25.0 Å². The fourth-order valence-corrected chi connectivity index (χ4v) is 19.7. The molecule has 34 heteroatoms. The number of aliphatic hydroxyl groups excluding tert-OH is 1. The van der Waals surface area contributed by atoms with Crippen LogP contribution in [-0.4, -0.2) is 162 Å². The SMILES string of the molecule is CCC(NC(=O)C(CC(=O)O)CC(=O)C(CCC(C)(C)SSCCC(=O)CCC#Cc1cn(C2CC(O)C(COP(=O)(O)OP(=O)(O)OP(=O)(O)O)O2)c2ncnc(N)c12)NC(=O)Cc1ccc2c(c1)C(C)(C)C1=[N+]2CCC2OC3CCN4C(=C3C=C12)C(C)(C)c1cc(C)ccc14)C(=O)O. The molecule has 10 unspecified atom stereocenters. The quantitative estimate of drug-likeness (QED) is 0.00776. The number of carboxylic acid groups (broad SMARTS) is 2. The minimum atomic E-state index is -5.79. The molecule has 540 valence electrons. The van der Waals surface area contributed by atoms with Crippen LogP contribution in [0.15, 0.2) is 71.8 Å². The number of aliphatic carboxylic acids is 2. The molecule has 29 nitrogen and oxygen atoms in total. The van der Waals surface area contributed by atoms with Crippen molar-refractivity contribution in [3.8, 4) is 11.8 Å². The van der Waals surface area contributed by atoms with Gasteiger partial charge in [-0.15, -0.1) is 0 Å². The molecule has 1 fully saturated rings. The van der Waals surface area contributed by atoms with Crippen LogP contribution < -0.4 is 21.3 Å². The third-order valence-electron chi connectivity index (χ3n) is 18.8. The standard InChI is InChI=1S/C66H83N8O21P3S2/c1-9-45(63(82)83)71-62(81)39(30-56(79)80)29-49(76)46(70-54(78)28-37-15-17-48-44(27-37)66(7,8)59-42-31-41-51(92-52(42)20-24-73(48)59)19-23-72-47-16-14-36(2)26-43(47)65(5,6)58(41)72)18-22-64(3,4)100-99-25-21-40(75)13-11-10-12-38-33-74(61-57(38)60(67)68-35-69-61)55-32-50(77)53(93-55)34-91-97(87,88)95-98(89,90)94-96(84,85)86/h14-17,26-27,31,33,35,39,45-46,50-53,55,77H,9,11,13,18-25,28-30,32,34H2,1-8H3,(H9-,67,68,69,70,71,78,79,80,81,82,83,84,85,86,87,88,89,90)/p+1. The maximum absolute atomic E-state index is 14.5. The zero-order chi connectivity index (χ0) is 72.8. The van der Waals surface area contributed by atoms with Crippen LogP contribution in [0.25, 0.3) is 11.0 Å². The number of aromatic nitrogens is 3. The van der Waals surface area contributed by atoms with Crippen molar-refractivity contribution >= 4 is 114 Å². The zero-order valence-corrected chi connectivity index (χ0v) is 60.8. The van der Waals surface area contributed by atoms with Gasteiger partial charge in [0.05, 0.1) is 66.1 Å². The number of nitrogens with two attached hydrogens (primary N) is 1. The molecule has 2 amide bonds. The first-order valence-corrected chi connectivity index (χ1v) is 39.6. The third kappa shape index (κ3) is 17.3. The summed E-state index contributed by atoms with van der Waals surface area (Å²) < 4.78 is 63.5. The van der Waals surface area contributed by atoms with Crippen molar-refractivity contribution in [2.45, 2.75) is 191 Å². The lowest BCUT2D eigenvalue weighted by Gasteiger charge is -2.42. The Kier molecular flexibility index (Phi) is 23.0. The van der Waals surface area contributed by atoms with E-state index in [1.807, 2.05) is 26.0 Å². The number of fused-ring (bicyclic) bond motifs is 9. The lowest BCUT2D eigenvalue weighted by Crippen LogP contribution is -2.47. The number of aliphatic hydroxyl groups is 1. The number of hydrogen-bond acceptors (Lipinski definition) is 21. The molecule has 0 saturated carbocycles. The summed E-state index contributed by atoms with van der Waals surface area (Å²) in [4.78, 5) is 127. The number of nitrogens with zero attached hydrogens (tertiary/aromatic N) is 5. The van der Waals surface area contributed by atoms with Gasteiger partial charge in [0, 0.05) is 101 Å². The molecule has 11 N–H and O–H groups in total. The maximum atomic E-state index is 14.5. The number of Topliss-reactive ketones (excluding diaryl/α,β-unsaturated/α-hetero) is 2. The predicted molar refractivity (Wildman–Crippen MR) is 370 cm³/mol. The topological polar surface area (TPSA) is 428 Å². The van der Waals surface area contributed by atoms with Crippen molar-refractivity contribution in [3.63, 3.8) is 0 Å². The zero-order valence-electron chi connectivity index (χ0n) is 56.4. The van der Waals surface area contributed by atoms with Crippen molar-refractivity contribution in [2.75, 3.05) is 36.1 Å². The van der Waals surface area contributed by atoms with E-state index >= 15 is 0 Å². The van der Waals surface area contributed by atoms with E-state index in [9.17, 15) is 67.6 Å². The number of anilines is 2. The van der Waals surface area contributed by atoms with Gasteiger partial charge in [-0.3, -0.25) is 28.5 Å². The second-order valence-corrected chi connectivity index (χ2v) is 35.0. The van der Waals surface area contributed by atoms with Gasteiger partial charge in [-0.05, 0) is 89.6 Å². The Bertz CT molecular complexity index is 4270.